The monoisotopic (exact) mass is 409 g/mol. The molecule has 160 valence electrons. The fourth-order valence-corrected chi connectivity index (χ4v) is 4.57. The molecule has 1 saturated heterocycles. The molecule has 4 rings (SSSR count). The summed E-state index contributed by atoms with van der Waals surface area (Å²) in [6, 6.07) is 10.1. The molecule has 2 aliphatic rings. The molecule has 0 bridgehead atoms. The molecule has 2 fully saturated rings. The van der Waals surface area contributed by atoms with Crippen molar-refractivity contribution in [3.8, 4) is 5.88 Å². The van der Waals surface area contributed by atoms with E-state index in [9.17, 15) is 14.7 Å². The average Bonchev–Trinajstić information content (AvgIpc) is 3.48. The van der Waals surface area contributed by atoms with Gasteiger partial charge in [-0.25, -0.2) is 0 Å². The highest BCUT2D eigenvalue weighted by Gasteiger charge is 2.35. The van der Waals surface area contributed by atoms with Crippen molar-refractivity contribution >= 4 is 5.91 Å². The van der Waals surface area contributed by atoms with E-state index in [1.807, 2.05) is 25.1 Å². The molecule has 1 aromatic heterocycles. The van der Waals surface area contributed by atoms with Crippen LogP contribution < -0.4 is 5.56 Å². The molecule has 0 radical (unpaired) electrons. The lowest BCUT2D eigenvalue weighted by Gasteiger charge is -2.22. The Bertz CT molecular complexity index is 966. The Kier molecular flexibility index (Phi) is 5.93. The molecule has 30 heavy (non-hydrogen) atoms. The number of amides is 1. The molecule has 6 heteroatoms. The van der Waals surface area contributed by atoms with Crippen molar-refractivity contribution in [1.29, 1.82) is 0 Å². The van der Waals surface area contributed by atoms with Crippen LogP contribution in [0.4, 0.5) is 0 Å². The molecule has 1 N–H and O–H groups in total. The second-order valence-electron chi connectivity index (χ2n) is 8.73. The first kappa shape index (κ1) is 20.6. The highest BCUT2D eigenvalue weighted by Crippen LogP contribution is 2.39. The lowest BCUT2D eigenvalue weighted by Crippen LogP contribution is -2.38. The molecule has 1 aliphatic carbocycles. The number of aromatic nitrogens is 2. The lowest BCUT2D eigenvalue weighted by molar-refractivity contribution is 0.0783. The third-order valence-electron chi connectivity index (χ3n) is 6.60. The zero-order valence-corrected chi connectivity index (χ0v) is 17.9. The molecule has 1 saturated carbocycles. The normalized spacial score (nSPS) is 19.8. The van der Waals surface area contributed by atoms with E-state index in [0.29, 0.717) is 31.3 Å². The number of nitrogens with zero attached hydrogens (tertiary/aromatic N) is 3. The van der Waals surface area contributed by atoms with Gasteiger partial charge in [0.15, 0.2) is 5.56 Å². The third kappa shape index (κ3) is 4.00. The van der Waals surface area contributed by atoms with Crippen molar-refractivity contribution in [2.45, 2.75) is 64.3 Å². The minimum absolute atomic E-state index is 0.000323. The van der Waals surface area contributed by atoms with Crippen molar-refractivity contribution in [2.75, 3.05) is 13.1 Å². The first-order valence-electron chi connectivity index (χ1n) is 11.2. The molecule has 2 heterocycles. The first-order chi connectivity index (χ1) is 14.5. The quantitative estimate of drug-likeness (QED) is 0.753. The summed E-state index contributed by atoms with van der Waals surface area (Å²) in [5.41, 5.74) is 0.641. The van der Waals surface area contributed by atoms with Crippen LogP contribution in [0.2, 0.25) is 0 Å². The van der Waals surface area contributed by atoms with Gasteiger partial charge in [0.1, 0.15) is 5.82 Å². The number of unbranched alkanes of at least 4 members (excludes halogenated alkanes) is 1. The molecule has 1 aromatic carbocycles. The Morgan fingerprint density at radius 3 is 2.63 bits per heavy atom. The maximum atomic E-state index is 13.4. The van der Waals surface area contributed by atoms with Crippen LogP contribution in [-0.4, -0.2) is 38.6 Å². The summed E-state index contributed by atoms with van der Waals surface area (Å²) in [5, 5.41) is 10.6. The molecular weight excluding hydrogens is 378 g/mol. The Morgan fingerprint density at radius 2 is 1.97 bits per heavy atom. The smallest absolute Gasteiger partial charge is 0.270 e. The average molecular weight is 410 g/mol. The van der Waals surface area contributed by atoms with Gasteiger partial charge in [0.05, 0.1) is 0 Å². The third-order valence-corrected chi connectivity index (χ3v) is 6.60. The second kappa shape index (κ2) is 8.62. The summed E-state index contributed by atoms with van der Waals surface area (Å²) >= 11 is 0. The minimum atomic E-state index is -0.418. The van der Waals surface area contributed by atoms with Crippen LogP contribution in [-0.2, 0) is 6.42 Å². The van der Waals surface area contributed by atoms with E-state index < -0.39 is 11.8 Å². The lowest BCUT2D eigenvalue weighted by atomic mass is 9.99. The van der Waals surface area contributed by atoms with Gasteiger partial charge in [0, 0.05) is 31.5 Å². The SMILES string of the molecule is CCCCc1nc(O)c(C(=O)N2CC[C@H](c3ccccc3)C2)c(=O)n1C(C)C1CC1. The van der Waals surface area contributed by atoms with E-state index in [0.717, 1.165) is 32.1 Å². The summed E-state index contributed by atoms with van der Waals surface area (Å²) in [5.74, 6) is 0.480. The van der Waals surface area contributed by atoms with Gasteiger partial charge in [-0.1, -0.05) is 43.7 Å². The van der Waals surface area contributed by atoms with E-state index in [1.54, 1.807) is 9.47 Å². The predicted molar refractivity (Wildman–Crippen MR) is 116 cm³/mol. The summed E-state index contributed by atoms with van der Waals surface area (Å²) < 4.78 is 1.69. The van der Waals surface area contributed by atoms with E-state index in [2.05, 4.69) is 24.0 Å². The van der Waals surface area contributed by atoms with Crippen LogP contribution in [0.1, 0.15) is 79.7 Å². The van der Waals surface area contributed by atoms with Gasteiger partial charge in [-0.05, 0) is 44.1 Å². The van der Waals surface area contributed by atoms with Crippen LogP contribution in [0.15, 0.2) is 35.1 Å². The van der Waals surface area contributed by atoms with Gasteiger partial charge in [-0.2, -0.15) is 4.98 Å². The fourth-order valence-electron chi connectivity index (χ4n) is 4.57. The maximum absolute atomic E-state index is 13.4. The number of aryl methyl sites for hydroxylation is 1. The molecule has 6 nitrogen and oxygen atoms in total. The largest absolute Gasteiger partial charge is 0.493 e. The van der Waals surface area contributed by atoms with Crippen molar-refractivity contribution < 1.29 is 9.90 Å². The maximum Gasteiger partial charge on any atom is 0.270 e. The number of likely N-dealkylation sites (tertiary alicyclic amines) is 1. The number of benzene rings is 1. The van der Waals surface area contributed by atoms with Gasteiger partial charge in [-0.3, -0.25) is 14.2 Å². The van der Waals surface area contributed by atoms with Crippen LogP contribution in [0, 0.1) is 5.92 Å². The first-order valence-corrected chi connectivity index (χ1v) is 11.2. The van der Waals surface area contributed by atoms with Gasteiger partial charge < -0.3 is 10.0 Å². The van der Waals surface area contributed by atoms with Gasteiger partial charge in [-0.15, -0.1) is 0 Å². The van der Waals surface area contributed by atoms with Crippen LogP contribution >= 0.6 is 0 Å². The zero-order valence-electron chi connectivity index (χ0n) is 17.9. The Labute approximate surface area is 177 Å². The Hall–Kier alpha value is -2.63. The number of hydrogen-bond donors (Lipinski definition) is 1. The molecule has 0 spiro atoms. The zero-order chi connectivity index (χ0) is 21.3. The molecule has 1 amide bonds. The fraction of sp³-hybridized carbons (Fsp3) is 0.542. The standard InChI is InChI=1S/C24H31N3O3/c1-3-4-10-20-25-22(28)21(24(30)27(20)16(2)17-11-12-17)23(29)26-14-13-19(15-26)18-8-6-5-7-9-18/h5-9,16-17,19,28H,3-4,10-15H2,1-2H3/t16?,19-/m0/s1. The van der Waals surface area contributed by atoms with Crippen LogP contribution in [0.25, 0.3) is 0 Å². The van der Waals surface area contributed by atoms with E-state index in [1.165, 1.54) is 5.56 Å². The van der Waals surface area contributed by atoms with Crippen molar-refractivity contribution in [2.24, 2.45) is 5.92 Å². The summed E-state index contributed by atoms with van der Waals surface area (Å²) in [4.78, 5) is 32.7. The summed E-state index contributed by atoms with van der Waals surface area (Å²) in [7, 11) is 0. The number of aromatic hydroxyl groups is 1. The number of carbonyl (C=O) groups is 1. The number of hydrogen-bond acceptors (Lipinski definition) is 4. The molecule has 2 aromatic rings. The van der Waals surface area contributed by atoms with Crippen molar-refractivity contribution in [3.05, 3.63) is 57.6 Å². The van der Waals surface area contributed by atoms with Crippen molar-refractivity contribution in [3.63, 3.8) is 0 Å². The van der Waals surface area contributed by atoms with E-state index >= 15 is 0 Å². The molecule has 2 atom stereocenters. The van der Waals surface area contributed by atoms with Gasteiger partial charge >= 0.3 is 0 Å². The van der Waals surface area contributed by atoms with E-state index in [4.69, 9.17) is 0 Å². The van der Waals surface area contributed by atoms with Gasteiger partial charge in [0.25, 0.3) is 11.5 Å². The van der Waals surface area contributed by atoms with Gasteiger partial charge in [0.2, 0.25) is 5.88 Å². The van der Waals surface area contributed by atoms with Crippen LogP contribution in [0.5, 0.6) is 5.88 Å². The Morgan fingerprint density at radius 1 is 1.23 bits per heavy atom. The highest BCUT2D eigenvalue weighted by molar-refractivity contribution is 5.96. The molecule has 1 unspecified atom stereocenters. The minimum Gasteiger partial charge on any atom is -0.493 e. The van der Waals surface area contributed by atoms with Crippen molar-refractivity contribution in [1.82, 2.24) is 14.5 Å². The Balaban J connectivity index is 1.64. The second-order valence-corrected chi connectivity index (χ2v) is 8.73. The highest BCUT2D eigenvalue weighted by atomic mass is 16.3. The summed E-state index contributed by atoms with van der Waals surface area (Å²) in [6.07, 6.45) is 5.53. The molecule has 1 aliphatic heterocycles. The summed E-state index contributed by atoms with van der Waals surface area (Å²) in [6.45, 7) is 5.24. The topological polar surface area (TPSA) is 75.4 Å². The predicted octanol–water partition coefficient (Wildman–Crippen LogP) is 3.89. The number of carbonyl (C=O) groups excluding carboxylic acids is 1. The number of rotatable bonds is 7. The van der Waals surface area contributed by atoms with Crippen LogP contribution in [0.3, 0.4) is 0 Å². The molecular formula is C24H31N3O3. The van der Waals surface area contributed by atoms with E-state index in [-0.39, 0.29) is 23.1 Å².